The van der Waals surface area contributed by atoms with Crippen LogP contribution in [0.25, 0.3) is 0 Å². The van der Waals surface area contributed by atoms with Crippen molar-refractivity contribution in [2.75, 3.05) is 7.11 Å². The zero-order valence-corrected chi connectivity index (χ0v) is 9.43. The molecule has 4 heteroatoms. The normalized spacial score (nSPS) is 10.6. The highest BCUT2D eigenvalue weighted by molar-refractivity contribution is 6.31. The van der Waals surface area contributed by atoms with Gasteiger partial charge in [-0.2, -0.15) is 0 Å². The molecule has 0 aliphatic carbocycles. The monoisotopic (exact) mass is 214 g/mol. The largest absolute Gasteiger partial charge is 0.481 e. The SMILES string of the molecule is COc1cc(CNC(C)C)c(Cl)cn1. The summed E-state index contributed by atoms with van der Waals surface area (Å²) < 4.78 is 5.02. The second kappa shape index (κ2) is 5.17. The van der Waals surface area contributed by atoms with E-state index in [1.165, 1.54) is 0 Å². The standard InChI is InChI=1S/C10H15ClN2O/c1-7(2)12-5-8-4-10(14-3)13-6-9(8)11/h4,6-7,12H,5H2,1-3H3. The van der Waals surface area contributed by atoms with Crippen molar-refractivity contribution in [3.05, 3.63) is 22.8 Å². The minimum atomic E-state index is 0.435. The van der Waals surface area contributed by atoms with E-state index < -0.39 is 0 Å². The Morgan fingerprint density at radius 1 is 1.57 bits per heavy atom. The molecule has 0 aliphatic rings. The predicted molar refractivity (Wildman–Crippen MR) is 57.8 cm³/mol. The van der Waals surface area contributed by atoms with E-state index in [1.54, 1.807) is 13.3 Å². The van der Waals surface area contributed by atoms with Crippen molar-refractivity contribution in [1.82, 2.24) is 10.3 Å². The first-order valence-corrected chi connectivity index (χ1v) is 4.93. The van der Waals surface area contributed by atoms with Crippen LogP contribution in [0, 0.1) is 0 Å². The molecule has 0 amide bonds. The quantitative estimate of drug-likeness (QED) is 0.835. The average Bonchev–Trinajstić information content (AvgIpc) is 2.16. The van der Waals surface area contributed by atoms with E-state index in [-0.39, 0.29) is 0 Å². The van der Waals surface area contributed by atoms with Gasteiger partial charge in [0, 0.05) is 24.8 Å². The molecule has 0 atom stereocenters. The number of rotatable bonds is 4. The Labute approximate surface area is 89.4 Å². The van der Waals surface area contributed by atoms with Gasteiger partial charge in [0.2, 0.25) is 5.88 Å². The summed E-state index contributed by atoms with van der Waals surface area (Å²) in [5, 5.41) is 3.95. The van der Waals surface area contributed by atoms with Crippen molar-refractivity contribution in [2.24, 2.45) is 0 Å². The lowest BCUT2D eigenvalue weighted by Gasteiger charge is -2.10. The van der Waals surface area contributed by atoms with E-state index in [2.05, 4.69) is 24.1 Å². The molecule has 0 saturated heterocycles. The number of nitrogens with one attached hydrogen (secondary N) is 1. The summed E-state index contributed by atoms with van der Waals surface area (Å²) in [5.41, 5.74) is 1.01. The first-order chi connectivity index (χ1) is 6.63. The van der Waals surface area contributed by atoms with E-state index in [1.807, 2.05) is 6.07 Å². The van der Waals surface area contributed by atoms with Gasteiger partial charge in [-0.25, -0.2) is 4.98 Å². The molecule has 0 fully saturated rings. The van der Waals surface area contributed by atoms with E-state index in [0.29, 0.717) is 16.9 Å². The summed E-state index contributed by atoms with van der Waals surface area (Å²) in [7, 11) is 1.59. The second-order valence-corrected chi connectivity index (χ2v) is 3.76. The fraction of sp³-hybridized carbons (Fsp3) is 0.500. The van der Waals surface area contributed by atoms with Crippen LogP contribution in [0.4, 0.5) is 0 Å². The highest BCUT2D eigenvalue weighted by atomic mass is 35.5. The number of pyridine rings is 1. The molecule has 1 N–H and O–H groups in total. The third-order valence-electron chi connectivity index (χ3n) is 1.82. The van der Waals surface area contributed by atoms with Gasteiger partial charge < -0.3 is 10.1 Å². The zero-order valence-electron chi connectivity index (χ0n) is 8.67. The Hall–Kier alpha value is -0.800. The first-order valence-electron chi connectivity index (χ1n) is 4.55. The van der Waals surface area contributed by atoms with Crippen LogP contribution in [0.2, 0.25) is 5.02 Å². The fourth-order valence-corrected chi connectivity index (χ4v) is 1.19. The maximum absolute atomic E-state index is 5.98. The third-order valence-corrected chi connectivity index (χ3v) is 2.16. The van der Waals surface area contributed by atoms with Crippen LogP contribution in [0.1, 0.15) is 19.4 Å². The number of hydrogen-bond acceptors (Lipinski definition) is 3. The highest BCUT2D eigenvalue weighted by Crippen LogP contribution is 2.18. The third kappa shape index (κ3) is 3.16. The van der Waals surface area contributed by atoms with Gasteiger partial charge in [-0.05, 0) is 5.56 Å². The molecule has 14 heavy (non-hydrogen) atoms. The van der Waals surface area contributed by atoms with Crippen molar-refractivity contribution >= 4 is 11.6 Å². The van der Waals surface area contributed by atoms with Crippen molar-refractivity contribution in [3.8, 4) is 5.88 Å². The van der Waals surface area contributed by atoms with Gasteiger partial charge in [-0.15, -0.1) is 0 Å². The van der Waals surface area contributed by atoms with Crippen LogP contribution in [0.15, 0.2) is 12.3 Å². The highest BCUT2D eigenvalue weighted by Gasteiger charge is 2.03. The second-order valence-electron chi connectivity index (χ2n) is 3.35. The maximum atomic E-state index is 5.98. The molecule has 78 valence electrons. The van der Waals surface area contributed by atoms with Crippen LogP contribution in [-0.4, -0.2) is 18.1 Å². The molecule has 0 unspecified atom stereocenters. The molecular formula is C10H15ClN2O. The Balaban J connectivity index is 2.73. The molecule has 0 aromatic carbocycles. The lowest BCUT2D eigenvalue weighted by Crippen LogP contribution is -2.22. The first kappa shape index (κ1) is 11.3. The molecule has 0 saturated carbocycles. The van der Waals surface area contributed by atoms with Crippen LogP contribution in [0.5, 0.6) is 5.88 Å². The molecule has 0 aliphatic heterocycles. The van der Waals surface area contributed by atoms with Crippen molar-refractivity contribution in [1.29, 1.82) is 0 Å². The van der Waals surface area contributed by atoms with Crippen LogP contribution < -0.4 is 10.1 Å². The Morgan fingerprint density at radius 3 is 2.86 bits per heavy atom. The van der Waals surface area contributed by atoms with Gasteiger partial charge in [0.05, 0.1) is 12.1 Å². The summed E-state index contributed by atoms with van der Waals surface area (Å²) >= 11 is 5.98. The summed E-state index contributed by atoms with van der Waals surface area (Å²) in [5.74, 6) is 0.593. The maximum Gasteiger partial charge on any atom is 0.213 e. The number of ether oxygens (including phenoxy) is 1. The van der Waals surface area contributed by atoms with Crippen LogP contribution >= 0.6 is 11.6 Å². The molecule has 0 radical (unpaired) electrons. The number of halogens is 1. The van der Waals surface area contributed by atoms with Crippen molar-refractivity contribution in [2.45, 2.75) is 26.4 Å². The lowest BCUT2D eigenvalue weighted by molar-refractivity contribution is 0.397. The molecule has 1 rings (SSSR count). The van der Waals surface area contributed by atoms with Gasteiger partial charge in [-0.1, -0.05) is 25.4 Å². The van der Waals surface area contributed by atoms with Gasteiger partial charge in [0.1, 0.15) is 0 Å². The molecule has 0 bridgehead atoms. The Kier molecular flexibility index (Phi) is 4.17. The predicted octanol–water partition coefficient (Wildman–Crippen LogP) is 2.24. The van der Waals surface area contributed by atoms with Crippen molar-refractivity contribution < 1.29 is 4.74 Å². The minimum absolute atomic E-state index is 0.435. The van der Waals surface area contributed by atoms with Gasteiger partial charge in [0.25, 0.3) is 0 Å². The minimum Gasteiger partial charge on any atom is -0.481 e. The van der Waals surface area contributed by atoms with E-state index >= 15 is 0 Å². The Morgan fingerprint density at radius 2 is 2.29 bits per heavy atom. The average molecular weight is 215 g/mol. The summed E-state index contributed by atoms with van der Waals surface area (Å²) in [6, 6.07) is 2.28. The Bertz CT molecular complexity index is 302. The molecule has 3 nitrogen and oxygen atoms in total. The number of methoxy groups -OCH3 is 1. The van der Waals surface area contributed by atoms with Crippen LogP contribution in [0.3, 0.4) is 0 Å². The van der Waals surface area contributed by atoms with Crippen molar-refractivity contribution in [3.63, 3.8) is 0 Å². The number of hydrogen-bond donors (Lipinski definition) is 1. The summed E-state index contributed by atoms with van der Waals surface area (Å²) in [4.78, 5) is 4.00. The van der Waals surface area contributed by atoms with Crippen LogP contribution in [-0.2, 0) is 6.54 Å². The molecular weight excluding hydrogens is 200 g/mol. The lowest BCUT2D eigenvalue weighted by atomic mass is 10.2. The van der Waals surface area contributed by atoms with E-state index in [4.69, 9.17) is 16.3 Å². The topological polar surface area (TPSA) is 34.1 Å². The fourth-order valence-electron chi connectivity index (χ4n) is 1.02. The molecule has 0 spiro atoms. The molecule has 1 aromatic rings. The van der Waals surface area contributed by atoms with Gasteiger partial charge >= 0.3 is 0 Å². The van der Waals surface area contributed by atoms with E-state index in [9.17, 15) is 0 Å². The number of aromatic nitrogens is 1. The van der Waals surface area contributed by atoms with Gasteiger partial charge in [0.15, 0.2) is 0 Å². The van der Waals surface area contributed by atoms with E-state index in [0.717, 1.165) is 12.1 Å². The smallest absolute Gasteiger partial charge is 0.213 e. The number of nitrogens with zero attached hydrogens (tertiary/aromatic N) is 1. The molecule has 1 heterocycles. The molecule has 1 aromatic heterocycles. The summed E-state index contributed by atoms with van der Waals surface area (Å²) in [6.07, 6.45) is 1.61. The summed E-state index contributed by atoms with van der Waals surface area (Å²) in [6.45, 7) is 4.91. The zero-order chi connectivity index (χ0) is 10.6. The van der Waals surface area contributed by atoms with Gasteiger partial charge in [-0.3, -0.25) is 0 Å².